The lowest BCUT2D eigenvalue weighted by atomic mass is 10.0. The molecule has 1 saturated heterocycles. The Hall–Kier alpha value is 0.180. The summed E-state index contributed by atoms with van der Waals surface area (Å²) in [6, 6.07) is 0. The van der Waals surface area contributed by atoms with Crippen LogP contribution in [0.15, 0.2) is 12.7 Å². The van der Waals surface area contributed by atoms with Gasteiger partial charge in [-0.2, -0.15) is 0 Å². The fourth-order valence-corrected chi connectivity index (χ4v) is 1.74. The van der Waals surface area contributed by atoms with Gasteiger partial charge >= 0.3 is 0 Å². The summed E-state index contributed by atoms with van der Waals surface area (Å²) in [5, 5.41) is 0. The molecule has 0 N–H and O–H groups in total. The molecule has 0 aromatic carbocycles. The molecule has 1 fully saturated rings. The van der Waals surface area contributed by atoms with Crippen molar-refractivity contribution < 1.29 is 4.74 Å². The summed E-state index contributed by atoms with van der Waals surface area (Å²) in [6.07, 6.45) is 4.49. The van der Waals surface area contributed by atoms with Crippen molar-refractivity contribution >= 4 is 15.9 Å². The Morgan fingerprint density at radius 1 is 1.82 bits per heavy atom. The maximum atomic E-state index is 5.79. The first-order valence-electron chi connectivity index (χ1n) is 4.03. The van der Waals surface area contributed by atoms with E-state index in [0.29, 0.717) is 10.9 Å². The average molecular weight is 219 g/mol. The van der Waals surface area contributed by atoms with E-state index in [1.807, 2.05) is 6.08 Å². The molecule has 1 aliphatic heterocycles. The minimum absolute atomic E-state index is 0.0767. The fourth-order valence-electron chi connectivity index (χ4n) is 1.37. The number of hydrogen-bond acceptors (Lipinski definition) is 1. The van der Waals surface area contributed by atoms with Crippen LogP contribution in [0.4, 0.5) is 0 Å². The van der Waals surface area contributed by atoms with Crippen LogP contribution in [0.5, 0.6) is 0 Å². The molecule has 1 rings (SSSR count). The van der Waals surface area contributed by atoms with Crippen molar-refractivity contribution in [3.63, 3.8) is 0 Å². The molecule has 1 aliphatic rings. The number of ether oxygens (including phenoxy) is 1. The summed E-state index contributed by atoms with van der Waals surface area (Å²) in [5.41, 5.74) is -0.0767. The third-order valence-corrected chi connectivity index (χ3v) is 2.88. The van der Waals surface area contributed by atoms with Crippen molar-refractivity contribution in [3.05, 3.63) is 12.7 Å². The molecule has 0 radical (unpaired) electrons. The molecule has 3 atom stereocenters. The van der Waals surface area contributed by atoms with Crippen molar-refractivity contribution in [1.29, 1.82) is 0 Å². The van der Waals surface area contributed by atoms with Gasteiger partial charge in [0.2, 0.25) is 0 Å². The van der Waals surface area contributed by atoms with Crippen molar-refractivity contribution in [3.8, 4) is 0 Å². The lowest BCUT2D eigenvalue weighted by Gasteiger charge is -2.21. The minimum Gasteiger partial charge on any atom is -0.367 e. The smallest absolute Gasteiger partial charge is 0.0837 e. The van der Waals surface area contributed by atoms with E-state index < -0.39 is 0 Å². The number of alkyl halides is 1. The van der Waals surface area contributed by atoms with Crippen LogP contribution in [-0.2, 0) is 4.74 Å². The van der Waals surface area contributed by atoms with Crippen LogP contribution in [0.2, 0.25) is 0 Å². The largest absolute Gasteiger partial charge is 0.367 e. The van der Waals surface area contributed by atoms with Crippen molar-refractivity contribution in [2.45, 2.75) is 43.2 Å². The first kappa shape index (κ1) is 9.27. The maximum absolute atomic E-state index is 5.79. The predicted molar refractivity (Wildman–Crippen MR) is 51.1 cm³/mol. The summed E-state index contributed by atoms with van der Waals surface area (Å²) >= 11 is 3.52. The lowest BCUT2D eigenvalue weighted by molar-refractivity contribution is 0.00723. The van der Waals surface area contributed by atoms with Gasteiger partial charge in [-0.3, -0.25) is 0 Å². The molecule has 0 aromatic rings. The summed E-state index contributed by atoms with van der Waals surface area (Å²) in [6.45, 7) is 7.99. The van der Waals surface area contributed by atoms with E-state index in [-0.39, 0.29) is 5.60 Å². The Morgan fingerprint density at radius 3 is 2.73 bits per heavy atom. The van der Waals surface area contributed by atoms with Gasteiger partial charge in [0.25, 0.3) is 0 Å². The third-order valence-electron chi connectivity index (χ3n) is 2.29. The Labute approximate surface area is 76.9 Å². The van der Waals surface area contributed by atoms with E-state index in [4.69, 9.17) is 4.74 Å². The van der Waals surface area contributed by atoms with E-state index in [9.17, 15) is 0 Å². The standard InChI is InChI=1S/C9H15BrO/c1-4-9(3)6-5-8(11-9)7(2)10/h4,7-8H,1,5-6H2,2-3H3. The molecule has 2 heteroatoms. The average Bonchev–Trinajstić information content (AvgIpc) is 2.33. The van der Waals surface area contributed by atoms with Gasteiger partial charge in [0.1, 0.15) is 0 Å². The van der Waals surface area contributed by atoms with E-state index in [1.54, 1.807) is 0 Å². The van der Waals surface area contributed by atoms with Crippen LogP contribution in [0.3, 0.4) is 0 Å². The predicted octanol–water partition coefficient (Wildman–Crippen LogP) is 2.89. The van der Waals surface area contributed by atoms with E-state index >= 15 is 0 Å². The zero-order valence-electron chi connectivity index (χ0n) is 7.14. The lowest BCUT2D eigenvalue weighted by Crippen LogP contribution is -2.24. The molecule has 0 bridgehead atoms. The number of rotatable bonds is 2. The zero-order valence-corrected chi connectivity index (χ0v) is 8.73. The Bertz CT molecular complexity index is 156. The Kier molecular flexibility index (Phi) is 2.76. The molecule has 1 nitrogen and oxygen atoms in total. The minimum atomic E-state index is -0.0767. The van der Waals surface area contributed by atoms with E-state index in [1.165, 1.54) is 0 Å². The molecule has 0 saturated carbocycles. The first-order valence-corrected chi connectivity index (χ1v) is 4.94. The van der Waals surface area contributed by atoms with E-state index in [0.717, 1.165) is 12.8 Å². The summed E-state index contributed by atoms with van der Waals surface area (Å²) < 4.78 is 5.79. The van der Waals surface area contributed by atoms with Gasteiger partial charge < -0.3 is 4.74 Å². The van der Waals surface area contributed by atoms with Crippen molar-refractivity contribution in [2.75, 3.05) is 0 Å². The van der Waals surface area contributed by atoms with Crippen LogP contribution in [-0.4, -0.2) is 16.5 Å². The van der Waals surface area contributed by atoms with Gasteiger partial charge in [-0.15, -0.1) is 6.58 Å². The van der Waals surface area contributed by atoms with Gasteiger partial charge in [0.05, 0.1) is 11.7 Å². The maximum Gasteiger partial charge on any atom is 0.0837 e. The summed E-state index contributed by atoms with van der Waals surface area (Å²) in [5.74, 6) is 0. The number of hydrogen-bond donors (Lipinski definition) is 0. The SMILES string of the molecule is C=CC1(C)CCC(C(C)Br)O1. The first-order chi connectivity index (χ1) is 5.07. The second kappa shape index (κ2) is 3.28. The van der Waals surface area contributed by atoms with Crippen molar-refractivity contribution in [2.24, 2.45) is 0 Å². The molecular weight excluding hydrogens is 204 g/mol. The van der Waals surface area contributed by atoms with Crippen LogP contribution in [0, 0.1) is 0 Å². The van der Waals surface area contributed by atoms with Gasteiger partial charge in [-0.1, -0.05) is 28.9 Å². The van der Waals surface area contributed by atoms with Crippen LogP contribution < -0.4 is 0 Å². The summed E-state index contributed by atoms with van der Waals surface area (Å²) in [4.78, 5) is 0.448. The quantitative estimate of drug-likeness (QED) is 0.512. The molecule has 3 unspecified atom stereocenters. The Balaban J connectivity index is 2.52. The normalized spacial score (nSPS) is 40.5. The highest BCUT2D eigenvalue weighted by molar-refractivity contribution is 9.09. The van der Waals surface area contributed by atoms with Gasteiger partial charge in [-0.05, 0) is 19.8 Å². The fraction of sp³-hybridized carbons (Fsp3) is 0.778. The monoisotopic (exact) mass is 218 g/mol. The van der Waals surface area contributed by atoms with Gasteiger partial charge in [0.15, 0.2) is 0 Å². The second-order valence-corrected chi connectivity index (χ2v) is 4.83. The molecule has 0 aliphatic carbocycles. The van der Waals surface area contributed by atoms with Crippen molar-refractivity contribution in [1.82, 2.24) is 0 Å². The molecule has 0 aromatic heterocycles. The zero-order chi connectivity index (χ0) is 8.48. The summed E-state index contributed by atoms with van der Waals surface area (Å²) in [7, 11) is 0. The van der Waals surface area contributed by atoms with E-state index in [2.05, 4.69) is 36.4 Å². The highest BCUT2D eigenvalue weighted by Crippen LogP contribution is 2.33. The Morgan fingerprint density at radius 2 is 2.45 bits per heavy atom. The van der Waals surface area contributed by atoms with Crippen LogP contribution >= 0.6 is 15.9 Å². The molecule has 0 amide bonds. The highest BCUT2D eigenvalue weighted by atomic mass is 79.9. The third kappa shape index (κ3) is 2.06. The topological polar surface area (TPSA) is 9.23 Å². The highest BCUT2D eigenvalue weighted by Gasteiger charge is 2.35. The molecular formula is C9H15BrO. The van der Waals surface area contributed by atoms with Gasteiger partial charge in [0, 0.05) is 4.83 Å². The molecule has 64 valence electrons. The molecule has 1 heterocycles. The van der Waals surface area contributed by atoms with Crippen LogP contribution in [0.1, 0.15) is 26.7 Å². The molecule has 0 spiro atoms. The number of halogens is 1. The molecule has 11 heavy (non-hydrogen) atoms. The van der Waals surface area contributed by atoms with Crippen LogP contribution in [0.25, 0.3) is 0 Å². The van der Waals surface area contributed by atoms with Gasteiger partial charge in [-0.25, -0.2) is 0 Å². The second-order valence-electron chi connectivity index (χ2n) is 3.39.